The van der Waals surface area contributed by atoms with Crippen LogP contribution in [0.15, 0.2) is 58.5 Å². The van der Waals surface area contributed by atoms with Gasteiger partial charge in [0.05, 0.1) is 18.0 Å². The van der Waals surface area contributed by atoms with Crippen molar-refractivity contribution in [1.29, 1.82) is 0 Å². The van der Waals surface area contributed by atoms with Gasteiger partial charge in [-0.05, 0) is 49.1 Å². The molecule has 30 heavy (non-hydrogen) atoms. The van der Waals surface area contributed by atoms with E-state index >= 15 is 0 Å². The summed E-state index contributed by atoms with van der Waals surface area (Å²) < 4.78 is 14.7. The molecule has 2 aromatic heterocycles. The van der Waals surface area contributed by atoms with E-state index in [2.05, 4.69) is 15.3 Å². The highest BCUT2D eigenvalue weighted by atomic mass is 32.2. The molecule has 1 aliphatic carbocycles. The molecule has 8 heteroatoms. The Labute approximate surface area is 177 Å². The van der Waals surface area contributed by atoms with Gasteiger partial charge in [-0.15, -0.1) is 0 Å². The number of aromatic nitrogens is 3. The van der Waals surface area contributed by atoms with Gasteiger partial charge in [-0.1, -0.05) is 30.0 Å². The monoisotopic (exact) mass is 424 g/mol. The number of benzene rings is 1. The molecule has 1 aliphatic rings. The molecular formula is C22H21FN4O2S. The summed E-state index contributed by atoms with van der Waals surface area (Å²) in [6.45, 7) is 0.731. The zero-order chi connectivity index (χ0) is 20.9. The van der Waals surface area contributed by atoms with Crippen LogP contribution >= 0.6 is 11.8 Å². The van der Waals surface area contributed by atoms with Crippen LogP contribution in [0.1, 0.15) is 28.9 Å². The first-order chi connectivity index (χ1) is 14.6. The van der Waals surface area contributed by atoms with Gasteiger partial charge in [-0.3, -0.25) is 14.3 Å². The molecule has 4 rings (SSSR count). The number of thioether (sulfide) groups is 1. The van der Waals surface area contributed by atoms with E-state index in [0.717, 1.165) is 41.8 Å². The number of halogens is 1. The molecule has 0 aliphatic heterocycles. The molecule has 1 amide bonds. The SMILES string of the molecule is O=C(CSc1nc(=O)n(Cc2ccccn2)c2c1CCC2)NCc1ccc(F)cc1. The fraction of sp³-hybridized carbons (Fsp3) is 0.273. The summed E-state index contributed by atoms with van der Waals surface area (Å²) in [5.74, 6) is -0.293. The van der Waals surface area contributed by atoms with E-state index in [1.165, 1.54) is 23.9 Å². The zero-order valence-electron chi connectivity index (χ0n) is 16.3. The predicted octanol–water partition coefficient (Wildman–Crippen LogP) is 2.72. The quantitative estimate of drug-likeness (QED) is 0.466. The second-order valence-corrected chi connectivity index (χ2v) is 8.04. The van der Waals surface area contributed by atoms with Crippen molar-refractivity contribution in [3.63, 3.8) is 0 Å². The van der Waals surface area contributed by atoms with Crippen molar-refractivity contribution >= 4 is 17.7 Å². The fourth-order valence-electron chi connectivity index (χ4n) is 3.51. The van der Waals surface area contributed by atoms with Crippen LogP contribution in [0, 0.1) is 5.82 Å². The van der Waals surface area contributed by atoms with Crippen molar-refractivity contribution in [3.05, 3.63) is 87.5 Å². The van der Waals surface area contributed by atoms with Gasteiger partial charge < -0.3 is 5.32 Å². The largest absolute Gasteiger partial charge is 0.351 e. The van der Waals surface area contributed by atoms with Crippen molar-refractivity contribution in [2.24, 2.45) is 0 Å². The Morgan fingerprint density at radius 2 is 2.00 bits per heavy atom. The Morgan fingerprint density at radius 1 is 1.17 bits per heavy atom. The first kappa shape index (κ1) is 20.3. The van der Waals surface area contributed by atoms with Crippen LogP contribution < -0.4 is 11.0 Å². The molecule has 1 aromatic carbocycles. The maximum absolute atomic E-state index is 13.0. The number of nitrogens with zero attached hydrogens (tertiary/aromatic N) is 3. The summed E-state index contributed by atoms with van der Waals surface area (Å²) in [6.07, 6.45) is 4.35. The Balaban J connectivity index is 1.42. The van der Waals surface area contributed by atoms with Gasteiger partial charge in [-0.2, -0.15) is 4.98 Å². The molecule has 0 saturated heterocycles. The minimum absolute atomic E-state index is 0.157. The van der Waals surface area contributed by atoms with Crippen LogP contribution in [-0.4, -0.2) is 26.2 Å². The van der Waals surface area contributed by atoms with Crippen LogP contribution in [0.2, 0.25) is 0 Å². The molecule has 0 bridgehead atoms. The average Bonchev–Trinajstić information content (AvgIpc) is 3.25. The summed E-state index contributed by atoms with van der Waals surface area (Å²) in [7, 11) is 0. The number of carbonyl (C=O) groups excluding carboxylic acids is 1. The van der Waals surface area contributed by atoms with E-state index < -0.39 is 0 Å². The van der Waals surface area contributed by atoms with E-state index in [1.54, 1.807) is 22.9 Å². The lowest BCUT2D eigenvalue weighted by atomic mass is 10.2. The first-order valence-corrected chi connectivity index (χ1v) is 10.7. The minimum atomic E-state index is -0.310. The van der Waals surface area contributed by atoms with Crippen molar-refractivity contribution in [1.82, 2.24) is 19.9 Å². The molecule has 0 atom stereocenters. The van der Waals surface area contributed by atoms with Crippen LogP contribution in [0.25, 0.3) is 0 Å². The van der Waals surface area contributed by atoms with E-state index in [9.17, 15) is 14.0 Å². The van der Waals surface area contributed by atoms with Gasteiger partial charge in [0.15, 0.2) is 0 Å². The summed E-state index contributed by atoms with van der Waals surface area (Å²) in [6, 6.07) is 11.6. The molecular weight excluding hydrogens is 403 g/mol. The summed E-state index contributed by atoms with van der Waals surface area (Å²) in [5.41, 5.74) is 3.38. The molecule has 154 valence electrons. The van der Waals surface area contributed by atoms with Gasteiger partial charge in [0.25, 0.3) is 0 Å². The zero-order valence-corrected chi connectivity index (χ0v) is 17.1. The number of carbonyl (C=O) groups is 1. The maximum Gasteiger partial charge on any atom is 0.349 e. The third-order valence-corrected chi connectivity index (χ3v) is 6.01. The smallest absolute Gasteiger partial charge is 0.349 e. The highest BCUT2D eigenvalue weighted by Crippen LogP contribution is 2.29. The number of fused-ring (bicyclic) bond motifs is 1. The second-order valence-electron chi connectivity index (χ2n) is 7.08. The Morgan fingerprint density at radius 3 is 2.77 bits per heavy atom. The van der Waals surface area contributed by atoms with Crippen LogP contribution in [0.3, 0.4) is 0 Å². The Bertz CT molecular complexity index is 1100. The first-order valence-electron chi connectivity index (χ1n) is 9.76. The summed E-state index contributed by atoms with van der Waals surface area (Å²) >= 11 is 1.29. The van der Waals surface area contributed by atoms with Crippen molar-refractivity contribution in [3.8, 4) is 0 Å². The molecule has 0 spiro atoms. The van der Waals surface area contributed by atoms with E-state index in [0.29, 0.717) is 18.1 Å². The number of hydrogen-bond acceptors (Lipinski definition) is 5. The molecule has 3 aromatic rings. The highest BCUT2D eigenvalue weighted by molar-refractivity contribution is 7.99. The lowest BCUT2D eigenvalue weighted by Crippen LogP contribution is -2.29. The summed E-state index contributed by atoms with van der Waals surface area (Å²) in [5, 5.41) is 3.45. The topological polar surface area (TPSA) is 76.9 Å². The molecule has 0 saturated carbocycles. The average molecular weight is 425 g/mol. The lowest BCUT2D eigenvalue weighted by Gasteiger charge is -2.14. The molecule has 1 N–H and O–H groups in total. The molecule has 0 unspecified atom stereocenters. The maximum atomic E-state index is 13.0. The summed E-state index contributed by atoms with van der Waals surface area (Å²) in [4.78, 5) is 33.5. The second kappa shape index (κ2) is 9.21. The van der Waals surface area contributed by atoms with Crippen LogP contribution in [-0.2, 0) is 30.7 Å². The van der Waals surface area contributed by atoms with Gasteiger partial charge in [-0.25, -0.2) is 9.18 Å². The number of amides is 1. The van der Waals surface area contributed by atoms with Crippen molar-refractivity contribution in [2.75, 3.05) is 5.75 Å². The molecule has 0 fully saturated rings. The number of hydrogen-bond donors (Lipinski definition) is 1. The molecule has 0 radical (unpaired) electrons. The van der Waals surface area contributed by atoms with E-state index in [1.807, 2.05) is 18.2 Å². The molecule has 6 nitrogen and oxygen atoms in total. The van der Waals surface area contributed by atoms with E-state index in [4.69, 9.17) is 0 Å². The third-order valence-electron chi connectivity index (χ3n) is 4.99. The third kappa shape index (κ3) is 4.76. The van der Waals surface area contributed by atoms with Gasteiger partial charge in [0, 0.05) is 24.0 Å². The van der Waals surface area contributed by atoms with E-state index in [-0.39, 0.29) is 23.2 Å². The fourth-order valence-corrected chi connectivity index (χ4v) is 4.42. The molecule has 2 heterocycles. The normalized spacial score (nSPS) is 12.6. The Kier molecular flexibility index (Phi) is 6.23. The standard InChI is InChI=1S/C22H21FN4O2S/c23-16-9-7-15(8-10-16)12-25-20(28)14-30-21-18-5-3-6-19(18)27(22(29)26-21)13-17-4-1-2-11-24-17/h1-2,4,7-11H,3,5-6,12-14H2,(H,25,28). The van der Waals surface area contributed by atoms with Gasteiger partial charge >= 0.3 is 5.69 Å². The van der Waals surface area contributed by atoms with Crippen molar-refractivity contribution < 1.29 is 9.18 Å². The lowest BCUT2D eigenvalue weighted by molar-refractivity contribution is -0.118. The Hall–Kier alpha value is -3.00. The van der Waals surface area contributed by atoms with Gasteiger partial charge in [0.2, 0.25) is 5.91 Å². The van der Waals surface area contributed by atoms with Crippen LogP contribution in [0.5, 0.6) is 0 Å². The van der Waals surface area contributed by atoms with Crippen LogP contribution in [0.4, 0.5) is 4.39 Å². The van der Waals surface area contributed by atoms with Crippen molar-refractivity contribution in [2.45, 2.75) is 37.4 Å². The highest BCUT2D eigenvalue weighted by Gasteiger charge is 2.22. The number of nitrogens with one attached hydrogen (secondary N) is 1. The minimum Gasteiger partial charge on any atom is -0.351 e. The number of pyridine rings is 1. The predicted molar refractivity (Wildman–Crippen MR) is 113 cm³/mol. The van der Waals surface area contributed by atoms with Gasteiger partial charge in [0.1, 0.15) is 10.8 Å². The number of rotatable bonds is 7.